The van der Waals surface area contributed by atoms with Crippen LogP contribution in [0, 0.1) is 13.8 Å². The van der Waals surface area contributed by atoms with E-state index < -0.39 is 15.0 Å². The van der Waals surface area contributed by atoms with Gasteiger partial charge >= 0.3 is 5.97 Å². The standard InChI is InChI=1S/C11H9ClO5S/c1-5-3-9(18(12,15)16)6(2)7-4-8(11(13)14)17-10(5)7/h3-4H,1-2H3,(H,13,14). The normalized spacial score (nSPS) is 11.9. The first-order valence-corrected chi connectivity index (χ1v) is 7.24. The Morgan fingerprint density at radius 1 is 1.33 bits per heavy atom. The average molecular weight is 289 g/mol. The summed E-state index contributed by atoms with van der Waals surface area (Å²) in [6, 6.07) is 2.67. The van der Waals surface area contributed by atoms with E-state index >= 15 is 0 Å². The van der Waals surface area contributed by atoms with Crippen molar-refractivity contribution >= 4 is 36.7 Å². The van der Waals surface area contributed by atoms with Gasteiger partial charge < -0.3 is 9.52 Å². The Hall–Kier alpha value is -1.53. The van der Waals surface area contributed by atoms with Crippen LogP contribution in [0.1, 0.15) is 21.7 Å². The van der Waals surface area contributed by atoms with Gasteiger partial charge in [-0.1, -0.05) is 0 Å². The molecule has 1 aromatic heterocycles. The van der Waals surface area contributed by atoms with Gasteiger partial charge in [0.15, 0.2) is 0 Å². The number of carboxylic acids is 1. The maximum absolute atomic E-state index is 11.4. The van der Waals surface area contributed by atoms with Gasteiger partial charge in [0.25, 0.3) is 9.05 Å². The van der Waals surface area contributed by atoms with Gasteiger partial charge in [-0.2, -0.15) is 0 Å². The summed E-state index contributed by atoms with van der Waals surface area (Å²) < 4.78 is 28.0. The van der Waals surface area contributed by atoms with E-state index in [1.54, 1.807) is 13.8 Å². The van der Waals surface area contributed by atoms with Gasteiger partial charge in [0, 0.05) is 16.1 Å². The summed E-state index contributed by atoms with van der Waals surface area (Å²) in [6.07, 6.45) is 0. The second kappa shape index (κ2) is 4.00. The molecule has 0 radical (unpaired) electrons. The lowest BCUT2D eigenvalue weighted by atomic mass is 10.1. The quantitative estimate of drug-likeness (QED) is 0.859. The third-order valence-electron chi connectivity index (χ3n) is 2.68. The fraction of sp³-hybridized carbons (Fsp3) is 0.182. The van der Waals surface area contributed by atoms with Crippen molar-refractivity contribution in [2.24, 2.45) is 0 Å². The van der Waals surface area contributed by atoms with E-state index in [4.69, 9.17) is 20.2 Å². The molecular weight excluding hydrogens is 280 g/mol. The molecule has 0 aliphatic heterocycles. The molecule has 0 unspecified atom stereocenters. The van der Waals surface area contributed by atoms with Gasteiger partial charge in [-0.05, 0) is 37.1 Å². The lowest BCUT2D eigenvalue weighted by Crippen LogP contribution is -1.96. The topological polar surface area (TPSA) is 84.6 Å². The number of benzene rings is 1. The predicted octanol–water partition coefficient (Wildman–Crippen LogP) is 2.68. The van der Waals surface area contributed by atoms with E-state index in [1.165, 1.54) is 12.1 Å². The minimum absolute atomic E-state index is 0.0353. The van der Waals surface area contributed by atoms with E-state index in [-0.39, 0.29) is 10.7 Å². The van der Waals surface area contributed by atoms with Crippen LogP contribution >= 0.6 is 10.7 Å². The second-order valence-electron chi connectivity index (χ2n) is 3.91. The number of rotatable bonds is 2. The number of halogens is 1. The summed E-state index contributed by atoms with van der Waals surface area (Å²) in [5.41, 5.74) is 1.25. The summed E-state index contributed by atoms with van der Waals surface area (Å²) in [4.78, 5) is 10.8. The summed E-state index contributed by atoms with van der Waals surface area (Å²) >= 11 is 0. The van der Waals surface area contributed by atoms with Crippen LogP contribution < -0.4 is 0 Å². The Bertz CT molecular complexity index is 757. The molecular formula is C11H9ClO5S. The van der Waals surface area contributed by atoms with E-state index in [9.17, 15) is 13.2 Å². The van der Waals surface area contributed by atoms with E-state index in [0.717, 1.165) is 0 Å². The van der Waals surface area contributed by atoms with Crippen LogP contribution in [0.4, 0.5) is 0 Å². The molecule has 96 valence electrons. The van der Waals surface area contributed by atoms with Crippen LogP contribution in [0.15, 0.2) is 21.4 Å². The minimum atomic E-state index is -3.88. The SMILES string of the molecule is Cc1c(S(=O)(=O)Cl)cc(C)c2oc(C(=O)O)cc12. The Labute approximate surface area is 107 Å². The fourth-order valence-electron chi connectivity index (χ4n) is 1.82. The Morgan fingerprint density at radius 2 is 1.94 bits per heavy atom. The van der Waals surface area contributed by atoms with Crippen LogP contribution in [-0.4, -0.2) is 19.5 Å². The zero-order valence-corrected chi connectivity index (χ0v) is 11.1. The molecule has 18 heavy (non-hydrogen) atoms. The van der Waals surface area contributed by atoms with E-state index in [2.05, 4.69) is 0 Å². The van der Waals surface area contributed by atoms with Crippen LogP contribution in [0.3, 0.4) is 0 Å². The lowest BCUT2D eigenvalue weighted by molar-refractivity contribution is 0.0665. The number of carbonyl (C=O) groups is 1. The van der Waals surface area contributed by atoms with Gasteiger partial charge in [-0.15, -0.1) is 0 Å². The fourth-order valence-corrected chi connectivity index (χ4v) is 3.10. The molecule has 0 amide bonds. The van der Waals surface area contributed by atoms with Crippen LogP contribution in [-0.2, 0) is 9.05 Å². The molecule has 2 rings (SSSR count). The highest BCUT2D eigenvalue weighted by molar-refractivity contribution is 8.13. The third kappa shape index (κ3) is 1.97. The highest BCUT2D eigenvalue weighted by Gasteiger charge is 2.21. The first-order valence-electron chi connectivity index (χ1n) is 4.93. The monoisotopic (exact) mass is 288 g/mol. The number of carboxylic acid groups (broad SMARTS) is 1. The maximum Gasteiger partial charge on any atom is 0.371 e. The number of hydrogen-bond donors (Lipinski definition) is 1. The largest absolute Gasteiger partial charge is 0.475 e. The molecule has 5 nitrogen and oxygen atoms in total. The first-order chi connectivity index (χ1) is 8.21. The number of hydrogen-bond acceptors (Lipinski definition) is 4. The zero-order valence-electron chi connectivity index (χ0n) is 9.52. The minimum Gasteiger partial charge on any atom is -0.475 e. The molecule has 1 N–H and O–H groups in total. The number of furan rings is 1. The van der Waals surface area contributed by atoms with Crippen LogP contribution in [0.25, 0.3) is 11.0 Å². The van der Waals surface area contributed by atoms with Gasteiger partial charge in [0.1, 0.15) is 5.58 Å². The Balaban J connectivity index is 2.91. The van der Waals surface area contributed by atoms with Crippen molar-refractivity contribution in [2.45, 2.75) is 18.7 Å². The zero-order chi connectivity index (χ0) is 13.7. The van der Waals surface area contributed by atoms with Crippen molar-refractivity contribution in [3.8, 4) is 0 Å². The van der Waals surface area contributed by atoms with Gasteiger partial charge in [-0.3, -0.25) is 0 Å². The maximum atomic E-state index is 11.4. The number of fused-ring (bicyclic) bond motifs is 1. The summed E-state index contributed by atoms with van der Waals surface area (Å²) in [5.74, 6) is -1.44. The van der Waals surface area contributed by atoms with Crippen LogP contribution in [0.2, 0.25) is 0 Å². The highest BCUT2D eigenvalue weighted by atomic mass is 35.7. The number of aryl methyl sites for hydroxylation is 2. The highest BCUT2D eigenvalue weighted by Crippen LogP contribution is 2.32. The molecule has 1 heterocycles. The van der Waals surface area contributed by atoms with E-state index in [1.807, 2.05) is 0 Å². The number of aromatic carboxylic acids is 1. The first kappa shape index (κ1) is 12.9. The molecule has 0 aliphatic carbocycles. The Morgan fingerprint density at radius 3 is 2.44 bits per heavy atom. The van der Waals surface area contributed by atoms with Crippen molar-refractivity contribution in [1.82, 2.24) is 0 Å². The van der Waals surface area contributed by atoms with Gasteiger partial charge in [0.05, 0.1) is 4.90 Å². The third-order valence-corrected chi connectivity index (χ3v) is 4.13. The molecule has 2 aromatic rings. The molecule has 7 heteroatoms. The summed E-state index contributed by atoms with van der Waals surface area (Å²) in [6.45, 7) is 3.18. The van der Waals surface area contributed by atoms with Crippen LogP contribution in [0.5, 0.6) is 0 Å². The molecule has 0 saturated heterocycles. The smallest absolute Gasteiger partial charge is 0.371 e. The summed E-state index contributed by atoms with van der Waals surface area (Å²) in [5, 5.41) is 9.30. The lowest BCUT2D eigenvalue weighted by Gasteiger charge is -2.04. The molecule has 0 saturated carbocycles. The molecule has 0 bridgehead atoms. The predicted molar refractivity (Wildman–Crippen MR) is 65.7 cm³/mol. The van der Waals surface area contributed by atoms with Crippen molar-refractivity contribution in [3.63, 3.8) is 0 Å². The van der Waals surface area contributed by atoms with Crippen molar-refractivity contribution < 1.29 is 22.7 Å². The molecule has 0 atom stereocenters. The van der Waals surface area contributed by atoms with Crippen molar-refractivity contribution in [1.29, 1.82) is 0 Å². The van der Waals surface area contributed by atoms with E-state index in [0.29, 0.717) is 22.1 Å². The molecule has 1 aromatic carbocycles. The summed E-state index contributed by atoms with van der Waals surface area (Å²) in [7, 11) is 1.46. The second-order valence-corrected chi connectivity index (χ2v) is 6.45. The molecule has 0 aliphatic rings. The van der Waals surface area contributed by atoms with Gasteiger partial charge in [-0.25, -0.2) is 13.2 Å². The Kier molecular flexibility index (Phi) is 2.87. The van der Waals surface area contributed by atoms with Crippen molar-refractivity contribution in [3.05, 3.63) is 29.0 Å². The average Bonchev–Trinajstić information content (AvgIpc) is 2.67. The van der Waals surface area contributed by atoms with Gasteiger partial charge in [0.2, 0.25) is 5.76 Å². The van der Waals surface area contributed by atoms with Crippen molar-refractivity contribution in [2.75, 3.05) is 0 Å². The molecule has 0 fully saturated rings. The molecule has 0 spiro atoms.